The molecule has 2 heterocycles. The van der Waals surface area contributed by atoms with E-state index in [4.69, 9.17) is 4.98 Å². The highest BCUT2D eigenvalue weighted by Gasteiger charge is 2.29. The Hall–Kier alpha value is -0.760. The second kappa shape index (κ2) is 7.23. The SMILES string of the molecule is CCS(=O)(=O)N1CCC(c2nc(-c3ccc(Br)cc3)c(C)s2)CC1. The molecule has 0 atom stereocenters. The van der Waals surface area contributed by atoms with E-state index in [1.54, 1.807) is 22.6 Å². The first kappa shape index (κ1) is 18.0. The Bertz CT molecular complexity index is 808. The lowest BCUT2D eigenvalue weighted by Gasteiger charge is -2.29. The smallest absolute Gasteiger partial charge is 0.213 e. The van der Waals surface area contributed by atoms with Crippen molar-refractivity contribution in [2.45, 2.75) is 32.6 Å². The highest BCUT2D eigenvalue weighted by molar-refractivity contribution is 9.10. The van der Waals surface area contributed by atoms with Gasteiger partial charge in [-0.25, -0.2) is 17.7 Å². The van der Waals surface area contributed by atoms with Crippen molar-refractivity contribution in [3.63, 3.8) is 0 Å². The molecule has 3 rings (SSSR count). The van der Waals surface area contributed by atoms with Crippen molar-refractivity contribution in [2.75, 3.05) is 18.8 Å². The maximum absolute atomic E-state index is 12.0. The van der Waals surface area contributed by atoms with E-state index in [1.165, 1.54) is 4.88 Å². The van der Waals surface area contributed by atoms with Crippen molar-refractivity contribution < 1.29 is 8.42 Å². The van der Waals surface area contributed by atoms with Gasteiger partial charge in [0, 0.05) is 33.9 Å². The summed E-state index contributed by atoms with van der Waals surface area (Å²) in [6.07, 6.45) is 1.71. The van der Waals surface area contributed by atoms with E-state index in [9.17, 15) is 8.42 Å². The molecular formula is C17H21BrN2O2S2. The number of hydrogen-bond acceptors (Lipinski definition) is 4. The van der Waals surface area contributed by atoms with E-state index in [1.807, 2.05) is 12.1 Å². The molecule has 0 bridgehead atoms. The Morgan fingerprint density at radius 2 is 1.88 bits per heavy atom. The fourth-order valence-electron chi connectivity index (χ4n) is 3.03. The zero-order valence-corrected chi connectivity index (χ0v) is 17.0. The minimum Gasteiger partial charge on any atom is -0.241 e. The van der Waals surface area contributed by atoms with Crippen LogP contribution in [0.25, 0.3) is 11.3 Å². The summed E-state index contributed by atoms with van der Waals surface area (Å²) >= 11 is 5.20. The third-order valence-electron chi connectivity index (χ3n) is 4.49. The summed E-state index contributed by atoms with van der Waals surface area (Å²) in [5, 5.41) is 1.14. The molecule has 1 aromatic heterocycles. The van der Waals surface area contributed by atoms with Crippen LogP contribution in [0.3, 0.4) is 0 Å². The van der Waals surface area contributed by atoms with Gasteiger partial charge in [0.05, 0.1) is 16.5 Å². The molecule has 24 heavy (non-hydrogen) atoms. The predicted octanol–water partition coefficient (Wildman–Crippen LogP) is 4.41. The number of benzene rings is 1. The molecule has 0 radical (unpaired) electrons. The number of aromatic nitrogens is 1. The van der Waals surface area contributed by atoms with Gasteiger partial charge in [0.25, 0.3) is 0 Å². The Balaban J connectivity index is 1.76. The van der Waals surface area contributed by atoms with Crippen LogP contribution in [0.15, 0.2) is 28.7 Å². The normalized spacial score (nSPS) is 17.3. The monoisotopic (exact) mass is 428 g/mol. The fraction of sp³-hybridized carbons (Fsp3) is 0.471. The zero-order valence-electron chi connectivity index (χ0n) is 13.8. The molecule has 1 saturated heterocycles. The van der Waals surface area contributed by atoms with E-state index in [0.29, 0.717) is 19.0 Å². The Morgan fingerprint density at radius 1 is 1.25 bits per heavy atom. The van der Waals surface area contributed by atoms with Crippen molar-refractivity contribution in [1.29, 1.82) is 0 Å². The minimum atomic E-state index is -3.07. The Morgan fingerprint density at radius 3 is 2.46 bits per heavy atom. The molecule has 0 saturated carbocycles. The molecule has 1 aliphatic heterocycles. The van der Waals surface area contributed by atoms with Gasteiger partial charge in [0.1, 0.15) is 0 Å². The van der Waals surface area contributed by atoms with Crippen molar-refractivity contribution in [3.8, 4) is 11.3 Å². The Labute approximate surface area is 156 Å². The molecule has 0 N–H and O–H groups in total. The van der Waals surface area contributed by atoms with Crippen LogP contribution in [-0.2, 0) is 10.0 Å². The van der Waals surface area contributed by atoms with Gasteiger partial charge in [-0.1, -0.05) is 28.1 Å². The standard InChI is InChI=1S/C17H21BrN2O2S2/c1-3-24(21,22)20-10-8-14(9-11-20)17-19-16(12(2)23-17)13-4-6-15(18)7-5-13/h4-7,14H,3,8-11H2,1-2H3. The molecule has 130 valence electrons. The van der Waals surface area contributed by atoms with E-state index in [2.05, 4.69) is 35.0 Å². The highest BCUT2D eigenvalue weighted by atomic mass is 79.9. The van der Waals surface area contributed by atoms with Crippen LogP contribution < -0.4 is 0 Å². The number of hydrogen-bond donors (Lipinski definition) is 0. The van der Waals surface area contributed by atoms with Crippen molar-refractivity contribution in [2.24, 2.45) is 0 Å². The highest BCUT2D eigenvalue weighted by Crippen LogP contribution is 2.36. The second-order valence-electron chi connectivity index (χ2n) is 6.04. The van der Waals surface area contributed by atoms with Crippen LogP contribution in [0.4, 0.5) is 0 Å². The minimum absolute atomic E-state index is 0.182. The number of aryl methyl sites for hydroxylation is 1. The number of nitrogens with zero attached hydrogens (tertiary/aromatic N) is 2. The third kappa shape index (κ3) is 3.74. The molecule has 7 heteroatoms. The van der Waals surface area contributed by atoms with E-state index in [0.717, 1.165) is 33.6 Å². The number of rotatable bonds is 4. The number of sulfonamides is 1. The van der Waals surface area contributed by atoms with Gasteiger partial charge >= 0.3 is 0 Å². The molecule has 1 fully saturated rings. The Kier molecular flexibility index (Phi) is 5.44. The third-order valence-corrected chi connectivity index (χ3v) is 8.04. The van der Waals surface area contributed by atoms with Crippen molar-refractivity contribution >= 4 is 37.3 Å². The van der Waals surface area contributed by atoms with Gasteiger partial charge in [0.15, 0.2) is 0 Å². The van der Waals surface area contributed by atoms with Crippen LogP contribution in [-0.4, -0.2) is 36.5 Å². The van der Waals surface area contributed by atoms with Crippen LogP contribution in [0.2, 0.25) is 0 Å². The van der Waals surface area contributed by atoms with Gasteiger partial charge in [-0.2, -0.15) is 0 Å². The van der Waals surface area contributed by atoms with Crippen LogP contribution >= 0.6 is 27.3 Å². The number of halogens is 1. The van der Waals surface area contributed by atoms with Crippen molar-refractivity contribution in [1.82, 2.24) is 9.29 Å². The maximum Gasteiger partial charge on any atom is 0.213 e. The predicted molar refractivity (Wildman–Crippen MR) is 103 cm³/mol. The quantitative estimate of drug-likeness (QED) is 0.724. The van der Waals surface area contributed by atoms with Crippen LogP contribution in [0.5, 0.6) is 0 Å². The topological polar surface area (TPSA) is 50.3 Å². The lowest BCUT2D eigenvalue weighted by atomic mass is 9.99. The molecule has 0 amide bonds. The van der Waals surface area contributed by atoms with Crippen LogP contribution in [0.1, 0.15) is 35.6 Å². The van der Waals surface area contributed by atoms with Gasteiger partial charge in [0.2, 0.25) is 10.0 Å². The number of thiazole rings is 1. The first-order valence-corrected chi connectivity index (χ1v) is 11.3. The second-order valence-corrected chi connectivity index (χ2v) is 10.4. The summed E-state index contributed by atoms with van der Waals surface area (Å²) in [4.78, 5) is 6.09. The van der Waals surface area contributed by atoms with Gasteiger partial charge in [-0.15, -0.1) is 11.3 Å². The summed E-state index contributed by atoms with van der Waals surface area (Å²) < 4.78 is 26.6. The fourth-order valence-corrected chi connectivity index (χ4v) is 5.54. The lowest BCUT2D eigenvalue weighted by Crippen LogP contribution is -2.38. The van der Waals surface area contributed by atoms with E-state index < -0.39 is 10.0 Å². The molecular weight excluding hydrogens is 408 g/mol. The van der Waals surface area contributed by atoms with Gasteiger partial charge in [-0.05, 0) is 38.8 Å². The molecule has 1 aromatic carbocycles. The van der Waals surface area contributed by atoms with Crippen molar-refractivity contribution in [3.05, 3.63) is 38.6 Å². The van der Waals surface area contributed by atoms with E-state index in [-0.39, 0.29) is 5.75 Å². The molecule has 0 aliphatic carbocycles. The zero-order chi connectivity index (χ0) is 17.3. The molecule has 4 nitrogen and oxygen atoms in total. The molecule has 2 aromatic rings. The average Bonchev–Trinajstić information content (AvgIpc) is 2.97. The maximum atomic E-state index is 12.0. The average molecular weight is 429 g/mol. The largest absolute Gasteiger partial charge is 0.241 e. The first-order valence-electron chi connectivity index (χ1n) is 8.12. The number of piperidine rings is 1. The molecule has 1 aliphatic rings. The summed E-state index contributed by atoms with van der Waals surface area (Å²) in [5.41, 5.74) is 2.18. The molecule has 0 spiro atoms. The molecule has 0 unspecified atom stereocenters. The van der Waals surface area contributed by atoms with Crippen LogP contribution in [0, 0.1) is 6.92 Å². The lowest BCUT2D eigenvalue weighted by molar-refractivity contribution is 0.319. The summed E-state index contributed by atoms with van der Waals surface area (Å²) in [7, 11) is -3.07. The van der Waals surface area contributed by atoms with Gasteiger partial charge < -0.3 is 0 Å². The summed E-state index contributed by atoms with van der Waals surface area (Å²) in [6, 6.07) is 8.21. The van der Waals surface area contributed by atoms with E-state index >= 15 is 0 Å². The summed E-state index contributed by atoms with van der Waals surface area (Å²) in [6.45, 7) is 5.02. The first-order chi connectivity index (χ1) is 11.4. The summed E-state index contributed by atoms with van der Waals surface area (Å²) in [5.74, 6) is 0.545. The van der Waals surface area contributed by atoms with Gasteiger partial charge in [-0.3, -0.25) is 0 Å².